The Labute approximate surface area is 107 Å². The summed E-state index contributed by atoms with van der Waals surface area (Å²) in [6.45, 7) is 0. The molecule has 0 saturated carbocycles. The van der Waals surface area contributed by atoms with Gasteiger partial charge in [-0.1, -0.05) is 0 Å². The van der Waals surface area contributed by atoms with Gasteiger partial charge in [-0.15, -0.1) is 3.89 Å². The summed E-state index contributed by atoms with van der Waals surface area (Å²) in [7, 11) is -6.12. The number of halogens is 4. The minimum Gasteiger partial charge on any atom is -0.258 e. The fraction of sp³-hybridized carbons (Fsp3) is 0.143. The van der Waals surface area contributed by atoms with Gasteiger partial charge in [-0.3, -0.25) is 20.2 Å². The topological polar surface area (TPSA) is 120 Å². The Hall–Kier alpha value is -2.31. The number of nitro benzene ring substituents is 2. The van der Waals surface area contributed by atoms with E-state index in [4.69, 9.17) is 0 Å². The van der Waals surface area contributed by atoms with Crippen LogP contribution in [0.15, 0.2) is 17.0 Å². The van der Waals surface area contributed by atoms with Crippen molar-refractivity contribution in [1.82, 2.24) is 0 Å². The zero-order chi connectivity index (χ0) is 15.9. The highest BCUT2D eigenvalue weighted by atomic mass is 32.3. The maximum absolute atomic E-state index is 12.9. The van der Waals surface area contributed by atoms with Crippen LogP contribution in [0.2, 0.25) is 0 Å². The summed E-state index contributed by atoms with van der Waals surface area (Å²) >= 11 is 0. The second kappa shape index (κ2) is 4.66. The lowest BCUT2D eigenvalue weighted by atomic mass is 10.1. The number of benzene rings is 1. The van der Waals surface area contributed by atoms with E-state index < -0.39 is 48.1 Å². The standard InChI is InChI=1S/C7H2F4N2O6S/c8-7(9,10)4-1-3(12(14)15)2-5(13(16)17)6(4)20(11,18)19/h1-2H. The molecule has 1 rings (SSSR count). The SMILES string of the molecule is O=[N+]([O-])c1cc([N+](=O)[O-])c(S(=O)(=O)F)c(C(F)(F)F)c1. The van der Waals surface area contributed by atoms with Crippen LogP contribution in [0, 0.1) is 20.2 Å². The molecule has 0 saturated heterocycles. The van der Waals surface area contributed by atoms with Crippen LogP contribution < -0.4 is 0 Å². The molecule has 0 aliphatic carbocycles. The predicted molar refractivity (Wildman–Crippen MR) is 53.0 cm³/mol. The highest BCUT2D eigenvalue weighted by molar-refractivity contribution is 7.86. The molecule has 110 valence electrons. The normalized spacial score (nSPS) is 12.2. The van der Waals surface area contributed by atoms with Crippen LogP contribution in [0.4, 0.5) is 28.4 Å². The molecule has 8 nitrogen and oxygen atoms in total. The number of hydrogen-bond acceptors (Lipinski definition) is 6. The Balaban J connectivity index is 3.97. The molecule has 1 aromatic rings. The van der Waals surface area contributed by atoms with Crippen molar-refractivity contribution in [3.05, 3.63) is 37.9 Å². The Morgan fingerprint density at radius 3 is 1.85 bits per heavy atom. The Kier molecular flexibility index (Phi) is 3.67. The van der Waals surface area contributed by atoms with Gasteiger partial charge in [-0.05, 0) is 0 Å². The van der Waals surface area contributed by atoms with Crippen molar-refractivity contribution < 1.29 is 35.3 Å². The summed E-state index contributed by atoms with van der Waals surface area (Å²) < 4.78 is 72.0. The van der Waals surface area contributed by atoms with Gasteiger partial charge in [0.25, 0.3) is 11.4 Å². The summed E-state index contributed by atoms with van der Waals surface area (Å²) in [5.74, 6) is 0. The zero-order valence-electron chi connectivity index (χ0n) is 8.92. The lowest BCUT2D eigenvalue weighted by molar-refractivity contribution is -0.396. The second-order valence-electron chi connectivity index (χ2n) is 3.29. The minimum atomic E-state index is -6.12. The molecule has 0 N–H and O–H groups in total. The number of hydrogen-bond donors (Lipinski definition) is 0. The largest absolute Gasteiger partial charge is 0.418 e. The number of nitrogens with zero attached hydrogens (tertiary/aromatic N) is 2. The van der Waals surface area contributed by atoms with Crippen LogP contribution in [0.25, 0.3) is 0 Å². The highest BCUT2D eigenvalue weighted by Crippen LogP contribution is 2.41. The summed E-state index contributed by atoms with van der Waals surface area (Å²) in [4.78, 5) is 15.6. The Morgan fingerprint density at radius 2 is 1.55 bits per heavy atom. The van der Waals surface area contributed by atoms with Gasteiger partial charge in [0, 0.05) is 6.07 Å². The molecule has 0 radical (unpaired) electrons. The molecule has 0 unspecified atom stereocenters. The van der Waals surface area contributed by atoms with E-state index in [0.717, 1.165) is 0 Å². The van der Waals surface area contributed by atoms with E-state index in [-0.39, 0.29) is 12.1 Å². The number of rotatable bonds is 3. The smallest absolute Gasteiger partial charge is 0.258 e. The van der Waals surface area contributed by atoms with Gasteiger partial charge in [-0.25, -0.2) is 0 Å². The average molecular weight is 318 g/mol. The van der Waals surface area contributed by atoms with Crippen molar-refractivity contribution in [2.45, 2.75) is 11.1 Å². The summed E-state index contributed by atoms with van der Waals surface area (Å²) in [5.41, 5.74) is -5.58. The molecule has 0 aromatic heterocycles. The van der Waals surface area contributed by atoms with E-state index >= 15 is 0 Å². The summed E-state index contributed by atoms with van der Waals surface area (Å²) in [6.07, 6.45) is -5.54. The molecule has 0 bridgehead atoms. The molecule has 13 heteroatoms. The molecule has 20 heavy (non-hydrogen) atoms. The highest BCUT2D eigenvalue weighted by Gasteiger charge is 2.44. The molecular weight excluding hydrogens is 316 g/mol. The summed E-state index contributed by atoms with van der Waals surface area (Å²) in [6, 6.07) is -0.360. The van der Waals surface area contributed by atoms with Crippen molar-refractivity contribution in [1.29, 1.82) is 0 Å². The molecular formula is C7H2F4N2O6S. The molecule has 0 aliphatic rings. The lowest BCUT2D eigenvalue weighted by Crippen LogP contribution is -2.14. The molecule has 1 aromatic carbocycles. The van der Waals surface area contributed by atoms with Crippen LogP contribution in [-0.2, 0) is 16.4 Å². The first kappa shape index (κ1) is 15.7. The van der Waals surface area contributed by atoms with E-state index in [9.17, 15) is 45.7 Å². The summed E-state index contributed by atoms with van der Waals surface area (Å²) in [5, 5.41) is 20.9. The first-order valence-corrected chi connectivity index (χ1v) is 5.72. The lowest BCUT2D eigenvalue weighted by Gasteiger charge is -2.10. The van der Waals surface area contributed by atoms with Gasteiger partial charge in [0.1, 0.15) is 0 Å². The first-order chi connectivity index (χ1) is 8.85. The average Bonchev–Trinajstić information content (AvgIpc) is 2.24. The number of nitro groups is 2. The van der Waals surface area contributed by atoms with E-state index in [0.29, 0.717) is 0 Å². The van der Waals surface area contributed by atoms with Crippen molar-refractivity contribution in [3.63, 3.8) is 0 Å². The quantitative estimate of drug-likeness (QED) is 0.364. The molecule has 0 fully saturated rings. The minimum absolute atomic E-state index is 0.0678. The van der Waals surface area contributed by atoms with Crippen LogP contribution in [0.1, 0.15) is 5.56 Å². The molecule has 0 atom stereocenters. The molecule has 0 spiro atoms. The van der Waals surface area contributed by atoms with Crippen molar-refractivity contribution in [3.8, 4) is 0 Å². The monoisotopic (exact) mass is 318 g/mol. The van der Waals surface area contributed by atoms with Crippen LogP contribution in [0.5, 0.6) is 0 Å². The van der Waals surface area contributed by atoms with Crippen molar-refractivity contribution in [2.24, 2.45) is 0 Å². The Morgan fingerprint density at radius 1 is 1.05 bits per heavy atom. The van der Waals surface area contributed by atoms with Crippen molar-refractivity contribution in [2.75, 3.05) is 0 Å². The van der Waals surface area contributed by atoms with Crippen LogP contribution >= 0.6 is 0 Å². The number of alkyl halides is 3. The van der Waals surface area contributed by atoms with Gasteiger partial charge in [0.2, 0.25) is 0 Å². The maximum atomic E-state index is 12.9. The zero-order valence-corrected chi connectivity index (χ0v) is 9.74. The van der Waals surface area contributed by atoms with Gasteiger partial charge >= 0.3 is 16.4 Å². The predicted octanol–water partition coefficient (Wildman–Crippen LogP) is 2.18. The fourth-order valence-electron chi connectivity index (χ4n) is 1.31. The third-order valence-corrected chi connectivity index (χ3v) is 2.93. The van der Waals surface area contributed by atoms with Gasteiger partial charge in [0.15, 0.2) is 4.90 Å². The van der Waals surface area contributed by atoms with Crippen molar-refractivity contribution >= 4 is 21.6 Å². The molecule has 0 aliphatic heterocycles. The van der Waals surface area contributed by atoms with Crippen LogP contribution in [-0.4, -0.2) is 18.3 Å². The maximum Gasteiger partial charge on any atom is 0.418 e. The van der Waals surface area contributed by atoms with Gasteiger partial charge in [-0.2, -0.15) is 21.6 Å². The Bertz CT molecular complexity index is 698. The number of non-ortho nitro benzene ring substituents is 1. The van der Waals surface area contributed by atoms with Gasteiger partial charge < -0.3 is 0 Å². The molecule has 0 heterocycles. The third kappa shape index (κ3) is 2.98. The van der Waals surface area contributed by atoms with Gasteiger partial charge in [0.05, 0.1) is 21.5 Å². The third-order valence-electron chi connectivity index (χ3n) is 2.01. The first-order valence-electron chi connectivity index (χ1n) is 4.34. The second-order valence-corrected chi connectivity index (χ2v) is 4.58. The van der Waals surface area contributed by atoms with Crippen LogP contribution in [0.3, 0.4) is 0 Å². The van der Waals surface area contributed by atoms with E-state index in [1.54, 1.807) is 0 Å². The van der Waals surface area contributed by atoms with E-state index in [1.807, 2.05) is 0 Å². The fourth-order valence-corrected chi connectivity index (χ4v) is 2.13. The van der Waals surface area contributed by atoms with E-state index in [2.05, 4.69) is 0 Å². The van der Waals surface area contributed by atoms with E-state index in [1.165, 1.54) is 0 Å². The molecule has 0 amide bonds.